The minimum absolute atomic E-state index is 0.0211. The molecule has 12 heteroatoms. The molecular formula is C20H18F6N6. The number of hydrogen-bond donors (Lipinski definition) is 2. The van der Waals surface area contributed by atoms with E-state index in [9.17, 15) is 26.3 Å². The Hall–Kier alpha value is -3.44. The van der Waals surface area contributed by atoms with Crippen LogP contribution in [0.3, 0.4) is 0 Å². The summed E-state index contributed by atoms with van der Waals surface area (Å²) in [5.41, 5.74) is -2.67. The minimum atomic E-state index is -4.67. The largest absolute Gasteiger partial charge is 0.433 e. The number of aromatic nitrogens is 4. The Morgan fingerprint density at radius 3 is 2.06 bits per heavy atom. The molecule has 0 unspecified atom stereocenters. The van der Waals surface area contributed by atoms with Crippen molar-refractivity contribution in [2.24, 2.45) is 0 Å². The highest BCUT2D eigenvalue weighted by molar-refractivity contribution is 5.62. The Balaban J connectivity index is 2.05. The van der Waals surface area contributed by atoms with Crippen LogP contribution in [0.1, 0.15) is 32.0 Å². The van der Waals surface area contributed by atoms with E-state index < -0.39 is 29.1 Å². The molecule has 0 aromatic carbocycles. The number of nitrogens with zero attached hydrogens (tertiary/aromatic N) is 4. The molecule has 0 aliphatic rings. The van der Waals surface area contributed by atoms with Crippen molar-refractivity contribution in [1.82, 2.24) is 19.9 Å². The summed E-state index contributed by atoms with van der Waals surface area (Å²) < 4.78 is 78.1. The lowest BCUT2D eigenvalue weighted by molar-refractivity contribution is -0.141. The molecule has 0 radical (unpaired) electrons. The summed E-state index contributed by atoms with van der Waals surface area (Å²) >= 11 is 0. The molecule has 0 saturated carbocycles. The van der Waals surface area contributed by atoms with Crippen LogP contribution in [0.25, 0.3) is 11.5 Å². The Labute approximate surface area is 179 Å². The summed E-state index contributed by atoms with van der Waals surface area (Å²) in [6, 6.07) is 6.30. The quantitative estimate of drug-likeness (QED) is 0.475. The molecule has 32 heavy (non-hydrogen) atoms. The maximum atomic E-state index is 13.1. The predicted molar refractivity (Wildman–Crippen MR) is 106 cm³/mol. The van der Waals surface area contributed by atoms with Crippen LogP contribution in [-0.2, 0) is 12.4 Å². The molecule has 0 fully saturated rings. The number of rotatable bonds is 4. The molecule has 3 rings (SSSR count). The summed E-state index contributed by atoms with van der Waals surface area (Å²) in [6.45, 7) is 5.50. The first-order valence-electron chi connectivity index (χ1n) is 9.23. The van der Waals surface area contributed by atoms with E-state index in [1.165, 1.54) is 18.2 Å². The van der Waals surface area contributed by atoms with E-state index in [-0.39, 0.29) is 29.0 Å². The van der Waals surface area contributed by atoms with Gasteiger partial charge in [0.15, 0.2) is 5.82 Å². The number of anilines is 3. The van der Waals surface area contributed by atoms with Gasteiger partial charge in [-0.25, -0.2) is 19.9 Å². The van der Waals surface area contributed by atoms with Crippen molar-refractivity contribution >= 4 is 17.5 Å². The van der Waals surface area contributed by atoms with Gasteiger partial charge < -0.3 is 10.6 Å². The number of nitrogens with one attached hydrogen (secondary N) is 2. The van der Waals surface area contributed by atoms with Crippen LogP contribution in [-0.4, -0.2) is 25.5 Å². The van der Waals surface area contributed by atoms with Gasteiger partial charge in [-0.1, -0.05) is 6.07 Å². The van der Waals surface area contributed by atoms with Crippen molar-refractivity contribution < 1.29 is 26.3 Å². The Kier molecular flexibility index (Phi) is 5.98. The van der Waals surface area contributed by atoms with Gasteiger partial charge in [-0.05, 0) is 45.0 Å². The maximum absolute atomic E-state index is 13.1. The summed E-state index contributed by atoms with van der Waals surface area (Å²) in [4.78, 5) is 15.8. The molecule has 170 valence electrons. The van der Waals surface area contributed by atoms with E-state index in [4.69, 9.17) is 0 Å². The molecular weight excluding hydrogens is 438 g/mol. The van der Waals surface area contributed by atoms with Gasteiger partial charge in [0.05, 0.1) is 5.56 Å². The normalized spacial score (nSPS) is 12.5. The van der Waals surface area contributed by atoms with E-state index in [1.807, 2.05) is 20.8 Å². The van der Waals surface area contributed by atoms with E-state index >= 15 is 0 Å². The fourth-order valence-corrected chi connectivity index (χ4v) is 2.60. The second-order valence-corrected chi connectivity index (χ2v) is 7.80. The Morgan fingerprint density at radius 2 is 1.44 bits per heavy atom. The Morgan fingerprint density at radius 1 is 0.750 bits per heavy atom. The zero-order valence-electron chi connectivity index (χ0n) is 17.1. The van der Waals surface area contributed by atoms with Crippen molar-refractivity contribution in [2.75, 3.05) is 10.6 Å². The maximum Gasteiger partial charge on any atom is 0.433 e. The zero-order chi connectivity index (χ0) is 23.7. The van der Waals surface area contributed by atoms with Crippen molar-refractivity contribution in [3.05, 3.63) is 53.9 Å². The lowest BCUT2D eigenvalue weighted by atomic mass is 10.1. The highest BCUT2D eigenvalue weighted by Crippen LogP contribution is 2.32. The van der Waals surface area contributed by atoms with Crippen molar-refractivity contribution in [3.8, 4) is 11.5 Å². The number of hydrogen-bond acceptors (Lipinski definition) is 6. The van der Waals surface area contributed by atoms with Gasteiger partial charge >= 0.3 is 12.4 Å². The molecule has 0 spiro atoms. The van der Waals surface area contributed by atoms with Crippen molar-refractivity contribution in [3.63, 3.8) is 0 Å². The monoisotopic (exact) mass is 456 g/mol. The fourth-order valence-electron chi connectivity index (χ4n) is 2.60. The van der Waals surface area contributed by atoms with Gasteiger partial charge in [-0.15, -0.1) is 0 Å². The van der Waals surface area contributed by atoms with Crippen LogP contribution in [0.2, 0.25) is 0 Å². The molecule has 0 aliphatic carbocycles. The molecule has 0 bridgehead atoms. The first kappa shape index (κ1) is 23.2. The SMILES string of the molecule is CC(C)(C)Nc1cc(Nc2cc(C(F)(F)F)ccn2)nc(-c2cccc(C(F)(F)F)n2)n1. The summed E-state index contributed by atoms with van der Waals surface area (Å²) in [6.07, 6.45) is -8.26. The smallest absolute Gasteiger partial charge is 0.365 e. The van der Waals surface area contributed by atoms with Gasteiger partial charge in [0.2, 0.25) is 0 Å². The molecule has 0 amide bonds. The molecule has 2 N–H and O–H groups in total. The third-order valence-electron chi connectivity index (χ3n) is 3.84. The van der Waals surface area contributed by atoms with Crippen LogP contribution < -0.4 is 10.6 Å². The van der Waals surface area contributed by atoms with Crippen LogP contribution in [0.4, 0.5) is 43.8 Å². The molecule has 3 aromatic rings. The van der Waals surface area contributed by atoms with E-state index in [1.54, 1.807) is 0 Å². The molecule has 0 saturated heterocycles. The lowest BCUT2D eigenvalue weighted by Crippen LogP contribution is -2.27. The van der Waals surface area contributed by atoms with Gasteiger partial charge in [0, 0.05) is 17.8 Å². The minimum Gasteiger partial charge on any atom is -0.365 e. The van der Waals surface area contributed by atoms with Crippen LogP contribution in [0, 0.1) is 0 Å². The topological polar surface area (TPSA) is 75.6 Å². The molecule has 0 atom stereocenters. The summed E-state index contributed by atoms with van der Waals surface area (Å²) in [7, 11) is 0. The average molecular weight is 456 g/mol. The second-order valence-electron chi connectivity index (χ2n) is 7.80. The number of alkyl halides is 6. The van der Waals surface area contributed by atoms with Gasteiger partial charge in [-0.2, -0.15) is 26.3 Å². The number of halogens is 6. The second kappa shape index (κ2) is 8.24. The van der Waals surface area contributed by atoms with Gasteiger partial charge in [0.25, 0.3) is 0 Å². The third kappa shape index (κ3) is 6.05. The molecule has 3 heterocycles. The summed E-state index contributed by atoms with van der Waals surface area (Å²) in [5, 5.41) is 5.70. The van der Waals surface area contributed by atoms with Crippen LogP contribution >= 0.6 is 0 Å². The van der Waals surface area contributed by atoms with Crippen molar-refractivity contribution in [1.29, 1.82) is 0 Å². The van der Waals surface area contributed by atoms with E-state index in [2.05, 4.69) is 30.6 Å². The van der Waals surface area contributed by atoms with Crippen molar-refractivity contribution in [2.45, 2.75) is 38.7 Å². The highest BCUT2D eigenvalue weighted by Gasteiger charge is 2.33. The first-order chi connectivity index (χ1) is 14.7. The fraction of sp³-hybridized carbons (Fsp3) is 0.300. The Bertz CT molecular complexity index is 1100. The first-order valence-corrected chi connectivity index (χ1v) is 9.23. The van der Waals surface area contributed by atoms with Crippen LogP contribution in [0.15, 0.2) is 42.6 Å². The lowest BCUT2D eigenvalue weighted by Gasteiger charge is -2.22. The molecule has 0 aliphatic heterocycles. The molecule has 6 nitrogen and oxygen atoms in total. The number of pyridine rings is 2. The zero-order valence-corrected chi connectivity index (χ0v) is 17.1. The van der Waals surface area contributed by atoms with E-state index in [0.29, 0.717) is 0 Å². The predicted octanol–water partition coefficient (Wildman–Crippen LogP) is 5.93. The standard InChI is InChI=1S/C20H18F6N6/c1-18(2,3)32-16-10-15(29-14-9-11(7-8-27-14)19(21,22)23)30-17(31-16)12-5-4-6-13(28-12)20(24,25)26/h4-10H,1-3H3,(H2,27,29,30,31,32). The van der Waals surface area contributed by atoms with Gasteiger partial charge in [-0.3, -0.25) is 0 Å². The third-order valence-corrected chi connectivity index (χ3v) is 3.84. The van der Waals surface area contributed by atoms with E-state index in [0.717, 1.165) is 24.4 Å². The van der Waals surface area contributed by atoms with Gasteiger partial charge in [0.1, 0.15) is 28.8 Å². The highest BCUT2D eigenvalue weighted by atomic mass is 19.4. The summed E-state index contributed by atoms with van der Waals surface area (Å²) in [5.74, 6) is -0.0491. The molecule has 3 aromatic heterocycles. The average Bonchev–Trinajstić information content (AvgIpc) is 2.65. The van der Waals surface area contributed by atoms with Crippen LogP contribution in [0.5, 0.6) is 0 Å².